The van der Waals surface area contributed by atoms with Crippen LogP contribution in [0.25, 0.3) is 66.4 Å². The average molecular weight is 777 g/mol. The van der Waals surface area contributed by atoms with E-state index in [1.54, 1.807) is 24.4 Å². The number of fused-ring (bicyclic) bond motifs is 4. The van der Waals surface area contributed by atoms with Crippen LogP contribution in [0, 0.1) is 39.8 Å². The molecule has 8 aromatic rings. The molecule has 46 heavy (non-hydrogen) atoms. The van der Waals surface area contributed by atoms with Crippen molar-refractivity contribution in [3.8, 4) is 33.6 Å². The topological polar surface area (TPSA) is 51.8 Å². The van der Waals surface area contributed by atoms with Crippen molar-refractivity contribution in [2.75, 3.05) is 0 Å². The largest absolute Gasteiger partial charge is 0.500 e. The molecular formula is C41H31IrN3O-2. The first-order valence-corrected chi connectivity index (χ1v) is 14.8. The van der Waals surface area contributed by atoms with E-state index in [-0.39, 0.29) is 25.7 Å². The van der Waals surface area contributed by atoms with Crippen LogP contribution >= 0.6 is 0 Å². The zero-order chi connectivity index (χ0) is 33.4. The van der Waals surface area contributed by atoms with Crippen molar-refractivity contribution in [1.29, 1.82) is 0 Å². The number of hydrogen-bond donors (Lipinski definition) is 0. The quantitative estimate of drug-likeness (QED) is 0.168. The summed E-state index contributed by atoms with van der Waals surface area (Å²) in [6.45, 7) is 4.39. The van der Waals surface area contributed by atoms with Gasteiger partial charge in [0, 0.05) is 65.3 Å². The molecule has 8 rings (SSSR count). The van der Waals surface area contributed by atoms with Crippen molar-refractivity contribution >= 4 is 32.7 Å². The number of aromatic nitrogens is 3. The molecule has 0 spiro atoms. The van der Waals surface area contributed by atoms with Crippen LogP contribution in [0.3, 0.4) is 0 Å². The second-order valence-electron chi connectivity index (χ2n) is 11.0. The Hall–Kier alpha value is -4.96. The van der Waals surface area contributed by atoms with Crippen LogP contribution in [-0.4, -0.2) is 15.0 Å². The van der Waals surface area contributed by atoms with Crippen LogP contribution in [0.15, 0.2) is 120 Å². The molecule has 0 N–H and O–H groups in total. The molecule has 4 aromatic carbocycles. The fourth-order valence-electron chi connectivity index (χ4n) is 5.84. The number of pyridine rings is 3. The van der Waals surface area contributed by atoms with Gasteiger partial charge in [-0.25, -0.2) is 0 Å². The number of furan rings is 1. The Morgan fingerprint density at radius 2 is 1.61 bits per heavy atom. The average Bonchev–Trinajstić information content (AvgIpc) is 3.51. The minimum absolute atomic E-state index is 0. The van der Waals surface area contributed by atoms with Crippen LogP contribution in [0.1, 0.15) is 26.4 Å². The Labute approximate surface area is 286 Å². The summed E-state index contributed by atoms with van der Waals surface area (Å²) >= 11 is 0. The molecule has 4 nitrogen and oxygen atoms in total. The van der Waals surface area contributed by atoms with Crippen LogP contribution in [0.2, 0.25) is 0 Å². The fraction of sp³-hybridized carbons (Fsp3) is 0.0976. The van der Waals surface area contributed by atoms with Gasteiger partial charge in [-0.3, -0.25) is 4.98 Å². The van der Waals surface area contributed by atoms with E-state index in [2.05, 4.69) is 78.2 Å². The fourth-order valence-corrected chi connectivity index (χ4v) is 5.84. The number of hydrogen-bond acceptors (Lipinski definition) is 4. The molecule has 0 amide bonds. The van der Waals surface area contributed by atoms with E-state index in [4.69, 9.17) is 8.53 Å². The van der Waals surface area contributed by atoms with Gasteiger partial charge < -0.3 is 14.4 Å². The summed E-state index contributed by atoms with van der Waals surface area (Å²) in [7, 11) is 0. The van der Waals surface area contributed by atoms with Crippen LogP contribution < -0.4 is 0 Å². The predicted octanol–water partition coefficient (Wildman–Crippen LogP) is 10.4. The number of aryl methyl sites for hydroxylation is 3. The zero-order valence-electron chi connectivity index (χ0n) is 28.6. The van der Waals surface area contributed by atoms with Crippen LogP contribution in [-0.2, 0) is 20.1 Å². The van der Waals surface area contributed by atoms with E-state index in [0.717, 1.165) is 55.4 Å². The molecule has 4 aromatic heterocycles. The summed E-state index contributed by atoms with van der Waals surface area (Å²) in [4.78, 5) is 13.1. The summed E-state index contributed by atoms with van der Waals surface area (Å²) in [6, 6.07) is 35.8. The second-order valence-corrected chi connectivity index (χ2v) is 11.0. The van der Waals surface area contributed by atoms with Crippen molar-refractivity contribution in [3.05, 3.63) is 150 Å². The number of benzene rings is 4. The molecule has 0 fully saturated rings. The number of nitrogens with zero attached hydrogens (tertiary/aromatic N) is 3. The Balaban J connectivity index is 0.000000208. The molecule has 0 atom stereocenters. The van der Waals surface area contributed by atoms with Gasteiger partial charge in [0.1, 0.15) is 5.58 Å². The first-order valence-electron chi connectivity index (χ1n) is 16.3. The first kappa shape index (κ1) is 27.4. The summed E-state index contributed by atoms with van der Waals surface area (Å²) in [5, 5.41) is 4.55. The normalized spacial score (nSPS) is 12.1. The summed E-state index contributed by atoms with van der Waals surface area (Å²) in [5.74, 6) is 0. The zero-order valence-corrected chi connectivity index (χ0v) is 27.9. The minimum Gasteiger partial charge on any atom is -0.500 e. The SMILES string of the molecule is Cc1cc2ccncc2c(-c2ccc(C)c3c2oc2c(-c4ccccn4)[c-]ccc23)c1C.[2H]C([2H])([2H])c1ccc(-c2[c-]cccc2)nc1.[Ir]. The predicted molar refractivity (Wildman–Crippen MR) is 184 cm³/mol. The van der Waals surface area contributed by atoms with Crippen molar-refractivity contribution in [2.24, 2.45) is 0 Å². The Morgan fingerprint density at radius 1 is 0.717 bits per heavy atom. The third-order valence-corrected chi connectivity index (χ3v) is 8.19. The standard InChI is InChI=1S/C29H21N2O.C12H10N.Ir/c1-17-10-11-23(27-19(3)18(2)15-20-12-14-30-16-24(20)27)29-26(17)22-8-6-7-21(28(22)32-29)25-9-4-5-13-31-25;1-10-7-8-12(13-9-10)11-5-3-2-4-6-11;/h4-6,8-16H,1-3H3;2-5,7-9H,1H3;/q2*-1;/i;1D3;. The molecule has 0 unspecified atom stereocenters. The monoisotopic (exact) mass is 777 g/mol. The minimum atomic E-state index is -2.09. The third-order valence-electron chi connectivity index (χ3n) is 8.19. The van der Waals surface area contributed by atoms with Crippen molar-refractivity contribution < 1.29 is 28.6 Å². The van der Waals surface area contributed by atoms with Crippen molar-refractivity contribution in [2.45, 2.75) is 27.6 Å². The van der Waals surface area contributed by atoms with E-state index in [1.165, 1.54) is 33.8 Å². The number of rotatable bonds is 3. The van der Waals surface area contributed by atoms with Crippen LogP contribution in [0.5, 0.6) is 0 Å². The molecule has 0 aliphatic heterocycles. The smallest absolute Gasteiger partial charge is 0.129 e. The third kappa shape index (κ3) is 5.76. The summed E-state index contributed by atoms with van der Waals surface area (Å²) < 4.78 is 28.4. The van der Waals surface area contributed by atoms with Crippen molar-refractivity contribution in [3.63, 3.8) is 0 Å². The Kier molecular flexibility index (Phi) is 7.84. The molecule has 0 saturated heterocycles. The maximum atomic E-state index is 7.23. The van der Waals surface area contributed by atoms with Crippen LogP contribution in [0.4, 0.5) is 0 Å². The molecular weight excluding hydrogens is 743 g/mol. The molecule has 4 heterocycles. The molecule has 5 heteroatoms. The van der Waals surface area contributed by atoms with Gasteiger partial charge in [-0.05, 0) is 84.3 Å². The maximum absolute atomic E-state index is 7.23. The van der Waals surface area contributed by atoms with E-state index < -0.39 is 6.85 Å². The molecule has 0 aliphatic carbocycles. The van der Waals surface area contributed by atoms with E-state index in [9.17, 15) is 0 Å². The first-order chi connectivity index (χ1) is 23.2. The van der Waals surface area contributed by atoms with Crippen molar-refractivity contribution in [1.82, 2.24) is 15.0 Å². The summed E-state index contributed by atoms with van der Waals surface area (Å²) in [5.41, 5.74) is 11.3. The molecule has 0 bridgehead atoms. The molecule has 0 aliphatic rings. The van der Waals surface area contributed by atoms with E-state index >= 15 is 0 Å². The van der Waals surface area contributed by atoms with Gasteiger partial charge in [-0.2, -0.15) is 0 Å². The summed E-state index contributed by atoms with van der Waals surface area (Å²) in [6.07, 6.45) is 7.00. The second kappa shape index (κ2) is 13.2. The van der Waals surface area contributed by atoms with Gasteiger partial charge in [0.2, 0.25) is 0 Å². The van der Waals surface area contributed by atoms with E-state index in [1.807, 2.05) is 54.9 Å². The Bertz CT molecular complexity index is 2410. The van der Waals surface area contributed by atoms with Gasteiger partial charge >= 0.3 is 0 Å². The molecule has 227 valence electrons. The van der Waals surface area contributed by atoms with E-state index in [0.29, 0.717) is 0 Å². The van der Waals surface area contributed by atoms with Gasteiger partial charge in [0.05, 0.1) is 5.58 Å². The Morgan fingerprint density at radius 3 is 2.37 bits per heavy atom. The molecule has 0 saturated carbocycles. The molecule has 1 radical (unpaired) electrons. The van der Waals surface area contributed by atoms with Gasteiger partial charge in [-0.1, -0.05) is 53.4 Å². The van der Waals surface area contributed by atoms with Gasteiger partial charge in [-0.15, -0.1) is 54.1 Å². The van der Waals surface area contributed by atoms with Gasteiger partial charge in [0.15, 0.2) is 0 Å². The van der Waals surface area contributed by atoms with Gasteiger partial charge in [0.25, 0.3) is 0 Å². The maximum Gasteiger partial charge on any atom is 0.129 e.